The van der Waals surface area contributed by atoms with E-state index < -0.39 is 43.9 Å². The van der Waals surface area contributed by atoms with Gasteiger partial charge >= 0.3 is 83.2 Å². The molecular formula is C100H114N6O16Sn. The van der Waals surface area contributed by atoms with Gasteiger partial charge in [0.25, 0.3) is 0 Å². The van der Waals surface area contributed by atoms with E-state index >= 15 is 0 Å². The Morgan fingerprint density at radius 2 is 0.561 bits per heavy atom. The van der Waals surface area contributed by atoms with Crippen LogP contribution in [0.3, 0.4) is 0 Å². The van der Waals surface area contributed by atoms with Gasteiger partial charge in [-0.3, -0.25) is 0 Å². The second kappa shape index (κ2) is 54.2. The molecule has 22 nitrogen and oxygen atoms in total. The van der Waals surface area contributed by atoms with E-state index in [9.17, 15) is 22.9 Å². The van der Waals surface area contributed by atoms with Crippen LogP contribution in [-0.4, -0.2) is 185 Å². The molecule has 0 spiro atoms. The summed E-state index contributed by atoms with van der Waals surface area (Å²) in [7, 11) is 0. The molecule has 0 amide bonds. The fourth-order valence-electron chi connectivity index (χ4n) is 12.5. The number of hydrogen-bond donors (Lipinski definition) is 5. The van der Waals surface area contributed by atoms with Crippen molar-refractivity contribution in [3.63, 3.8) is 0 Å². The third kappa shape index (κ3) is 32.5. The second-order valence-electron chi connectivity index (χ2n) is 28.7. The summed E-state index contributed by atoms with van der Waals surface area (Å²) in [4.78, 5) is 54.0. The summed E-state index contributed by atoms with van der Waals surface area (Å²) in [6.45, 7) is 12.9. The van der Waals surface area contributed by atoms with Crippen LogP contribution in [0.5, 0.6) is 23.0 Å². The van der Waals surface area contributed by atoms with Gasteiger partial charge in [0.15, 0.2) is 47.2 Å². The summed E-state index contributed by atoms with van der Waals surface area (Å²) in [5.74, 6) is 1.82. The number of nitrogens with zero attached hydrogens (tertiary/aromatic N) is 6. The van der Waals surface area contributed by atoms with E-state index in [-0.39, 0.29) is 62.7 Å². The van der Waals surface area contributed by atoms with Crippen molar-refractivity contribution in [2.45, 2.75) is 120 Å². The quantitative estimate of drug-likeness (QED) is 0.0135. The number of benzene rings is 10. The number of aliphatic hydroxyl groups is 3. The average molecular weight is 1770 g/mol. The number of unbranched alkanes of at least 4 members (excludes halogenated alkanes) is 7. The number of carbonyl (C=O) groups excluding carboxylic acids is 2. The maximum atomic E-state index is 12.6. The second-order valence-corrected chi connectivity index (χ2v) is 34.7. The molecule has 0 aliphatic carbocycles. The molecule has 0 fully saturated rings. The topological polar surface area (TPSA) is 304 Å². The first kappa shape index (κ1) is 95.5. The van der Waals surface area contributed by atoms with E-state index in [1.807, 2.05) is 170 Å². The van der Waals surface area contributed by atoms with Gasteiger partial charge in [-0.2, -0.15) is 0 Å². The van der Waals surface area contributed by atoms with Crippen LogP contribution in [0.1, 0.15) is 98.8 Å². The number of rotatable bonds is 44. The molecule has 12 aromatic rings. The van der Waals surface area contributed by atoms with Gasteiger partial charge in [0.05, 0.1) is 90.4 Å². The molecule has 0 aliphatic rings. The molecule has 12 rings (SSSR count). The molecule has 2 aromatic heterocycles. The third-order valence-electron chi connectivity index (χ3n) is 19.3. The standard InChI is InChI=1S/C44H43N3O4.C42H39N3O7.C6H14O4.2C4H9.O.Sn/c1-3-4-5-6-7-14-29-50-44(49)31(2)51-38-27-28-39(40(48)30-38)43-46-41(36-23-19-34(20-24-36)32-15-10-8-11-16-32)45-42(47-43)37-25-21-35(22-26-37)33-17-12-9-13-18-33;1-29(42(48)51-27-26-50-25-24-49-23-22-46)52-36-20-21-37(38(47)28-36)41-44-39(34-16-12-32(13-17-34)30-8-4-2-5-9-30)43-40(45-41)35-18-14-33(15-19-35)31-10-6-3-7-11-31;7-1-3-9-5-6-10-4-2-8;2*1-3-4-2;;/h8-13,15-28,30-31,48H,3-7,14,29H2,1-2H3;2-21,28-29,46-47H,22-27H2,1H3;7-8H,1-6H2;2*1,3-4H2,2H3;;. The average Bonchev–Trinajstić information content (AvgIpc) is 0.791. The van der Waals surface area contributed by atoms with Gasteiger partial charge in [-0.15, -0.1) is 0 Å². The number of phenolic OH excluding ortho intramolecular Hbond substituents is 2. The van der Waals surface area contributed by atoms with Crippen LogP contribution in [0.2, 0.25) is 8.87 Å². The van der Waals surface area contributed by atoms with Crippen LogP contribution in [0.25, 0.3) is 113 Å². The Labute approximate surface area is 729 Å². The number of phenols is 2. The molecule has 10 aromatic carbocycles. The number of aliphatic hydroxyl groups excluding tert-OH is 3. The number of ether oxygens (including phenoxy) is 8. The number of esters is 2. The summed E-state index contributed by atoms with van der Waals surface area (Å²) < 4.78 is 55.9. The monoisotopic (exact) mass is 1770 g/mol. The summed E-state index contributed by atoms with van der Waals surface area (Å²) in [6, 6.07) is 82.3. The Morgan fingerprint density at radius 3 is 0.862 bits per heavy atom. The first-order chi connectivity index (χ1) is 60.2. The van der Waals surface area contributed by atoms with Crippen molar-refractivity contribution in [1.29, 1.82) is 0 Å². The van der Waals surface area contributed by atoms with E-state index in [0.717, 1.165) is 94.9 Å². The molecule has 0 saturated carbocycles. The van der Waals surface area contributed by atoms with E-state index in [0.29, 0.717) is 92.2 Å². The molecule has 0 saturated heterocycles. The first-order valence-corrected chi connectivity index (χ1v) is 47.5. The Kier molecular flexibility index (Phi) is 42.1. The van der Waals surface area contributed by atoms with Crippen molar-refractivity contribution >= 4 is 31.7 Å². The van der Waals surface area contributed by atoms with Gasteiger partial charge in [0, 0.05) is 34.4 Å². The van der Waals surface area contributed by atoms with Crippen molar-refractivity contribution in [2.24, 2.45) is 0 Å². The van der Waals surface area contributed by atoms with E-state index in [2.05, 4.69) is 69.3 Å². The van der Waals surface area contributed by atoms with Crippen LogP contribution in [0.15, 0.2) is 255 Å². The molecule has 123 heavy (non-hydrogen) atoms. The van der Waals surface area contributed by atoms with Crippen molar-refractivity contribution in [1.82, 2.24) is 29.9 Å². The minimum absolute atomic E-state index is 0.0417. The molecule has 2 unspecified atom stereocenters. The fourth-order valence-corrected chi connectivity index (χ4v) is 17.5. The number of hydrogen-bond acceptors (Lipinski definition) is 22. The van der Waals surface area contributed by atoms with Gasteiger partial charge in [0.2, 0.25) is 0 Å². The van der Waals surface area contributed by atoms with Crippen LogP contribution in [0.4, 0.5) is 0 Å². The predicted octanol–water partition coefficient (Wildman–Crippen LogP) is 19.8. The van der Waals surface area contributed by atoms with Crippen LogP contribution in [-0.2, 0) is 41.1 Å². The normalized spacial score (nSPS) is 11.3. The molecule has 23 heteroatoms. The zero-order valence-corrected chi connectivity index (χ0v) is 73.8. The van der Waals surface area contributed by atoms with E-state index in [4.69, 9.17) is 83.1 Å². The van der Waals surface area contributed by atoms with Gasteiger partial charge in [-0.25, -0.2) is 39.5 Å². The summed E-state index contributed by atoms with van der Waals surface area (Å²) in [6.07, 6.45) is 9.70. The summed E-state index contributed by atoms with van der Waals surface area (Å²) >= 11 is -1.99. The Hall–Kier alpha value is -11.3. The maximum absolute atomic E-state index is 12.6. The van der Waals surface area contributed by atoms with Crippen molar-refractivity contribution < 1.29 is 76.1 Å². The predicted molar refractivity (Wildman–Crippen MR) is 483 cm³/mol. The van der Waals surface area contributed by atoms with Gasteiger partial charge in [0.1, 0.15) is 29.6 Å². The summed E-state index contributed by atoms with van der Waals surface area (Å²) in [5, 5.41) is 47.6. The molecule has 2 heterocycles. The van der Waals surface area contributed by atoms with Crippen molar-refractivity contribution in [3.8, 4) is 136 Å². The molecule has 644 valence electrons. The zero-order chi connectivity index (χ0) is 87.0. The largest absolute Gasteiger partial charge is 0.394 e. The number of carbonyl (C=O) groups is 2. The van der Waals surface area contributed by atoms with E-state index in [1.165, 1.54) is 57.1 Å². The summed E-state index contributed by atoms with van der Waals surface area (Å²) in [5.41, 5.74) is 12.7. The third-order valence-corrected chi connectivity index (χ3v) is 24.5. The zero-order valence-electron chi connectivity index (χ0n) is 71.0. The molecular weight excluding hydrogens is 1660 g/mol. The molecule has 0 radical (unpaired) electrons. The minimum atomic E-state index is -1.99. The first-order valence-electron chi connectivity index (χ1n) is 42.3. The Morgan fingerprint density at radius 1 is 0.301 bits per heavy atom. The minimum Gasteiger partial charge on any atom is -0.394 e. The molecule has 0 bridgehead atoms. The van der Waals surface area contributed by atoms with E-state index in [1.54, 1.807) is 38.1 Å². The van der Waals surface area contributed by atoms with Crippen molar-refractivity contribution in [2.75, 3.05) is 85.9 Å². The molecule has 0 aliphatic heterocycles. The van der Waals surface area contributed by atoms with Gasteiger partial charge in [-0.05, 0) is 89.0 Å². The van der Waals surface area contributed by atoms with Crippen LogP contribution < -0.4 is 9.47 Å². The van der Waals surface area contributed by atoms with Gasteiger partial charge in [-0.1, -0.05) is 257 Å². The fraction of sp³-hybridized carbons (Fsp3) is 0.320. The van der Waals surface area contributed by atoms with Crippen molar-refractivity contribution in [3.05, 3.63) is 255 Å². The van der Waals surface area contributed by atoms with Gasteiger partial charge < -0.3 is 63.4 Å². The van der Waals surface area contributed by atoms with Crippen LogP contribution >= 0.6 is 0 Å². The number of aromatic nitrogens is 6. The van der Waals surface area contributed by atoms with Crippen LogP contribution in [0, 0.1) is 0 Å². The Bertz CT molecular complexity index is 4850. The smallest absolute Gasteiger partial charge is 0.0701 e. The molecule has 5 N–H and O–H groups in total. The Balaban J connectivity index is 0.000000228. The SMILES string of the molecule is CC(Oc1ccc(-c2nc(-c3ccc(-c4ccccc4)cc3)nc(-c3ccc(-c4ccccc4)cc3)n2)c(O)c1)C(=O)OCCOCCOCCO.CCCCCCCCOC(=O)C(C)Oc1ccc(-c2nc(-c3ccc(-c4ccccc4)cc3)nc(-c3ccc(-c4ccccc4)cc3)n2)c(O)c1.CCC[CH2][Sn](=[O])[CH2]CCC.OCCOCCOCCO. The maximum Gasteiger partial charge on any atom is 0.0701 e. The number of aromatic hydroxyl groups is 2. The molecule has 2 atom stereocenters.